The van der Waals surface area contributed by atoms with Crippen LogP contribution in [0.25, 0.3) is 0 Å². The summed E-state index contributed by atoms with van der Waals surface area (Å²) < 4.78 is 2.19. The zero-order chi connectivity index (χ0) is 13.1. The number of nitrogens with two attached hydrogens (primary N) is 1. The molecule has 0 amide bonds. The monoisotopic (exact) mass is 251 g/mol. The quantitative estimate of drug-likeness (QED) is 0.876. The first-order chi connectivity index (χ1) is 8.63. The Morgan fingerprint density at radius 3 is 2.83 bits per heavy atom. The first-order valence-corrected chi connectivity index (χ1v) is 7.01. The van der Waals surface area contributed by atoms with Crippen molar-refractivity contribution in [3.63, 3.8) is 0 Å². The number of hydrogen-bond acceptors (Lipinski definition) is 4. The van der Waals surface area contributed by atoms with Crippen LogP contribution in [0.5, 0.6) is 0 Å². The highest BCUT2D eigenvalue weighted by atomic mass is 15.3. The van der Waals surface area contributed by atoms with Gasteiger partial charge in [0, 0.05) is 18.6 Å². The van der Waals surface area contributed by atoms with Crippen molar-refractivity contribution in [2.45, 2.75) is 65.2 Å². The van der Waals surface area contributed by atoms with E-state index in [1.165, 1.54) is 19.3 Å². The summed E-state index contributed by atoms with van der Waals surface area (Å²) in [4.78, 5) is 2.48. The molecular weight excluding hydrogens is 226 g/mol. The summed E-state index contributed by atoms with van der Waals surface area (Å²) in [5.41, 5.74) is 6.10. The van der Waals surface area contributed by atoms with Gasteiger partial charge in [0.1, 0.15) is 11.6 Å². The molecule has 5 heteroatoms. The summed E-state index contributed by atoms with van der Waals surface area (Å²) >= 11 is 0. The molecule has 0 radical (unpaired) electrons. The standard InChI is InChI=1S/C13H25N5/c1-4-18-11(3)15-16-13(18)9-17-8-6-5-7-12(17)10(2)14/h10,12H,4-9,14H2,1-3H3. The van der Waals surface area contributed by atoms with E-state index < -0.39 is 0 Å². The van der Waals surface area contributed by atoms with Crippen molar-refractivity contribution in [3.8, 4) is 0 Å². The van der Waals surface area contributed by atoms with Gasteiger partial charge in [0.2, 0.25) is 0 Å². The number of aromatic nitrogens is 3. The molecule has 1 saturated heterocycles. The molecule has 102 valence electrons. The van der Waals surface area contributed by atoms with Gasteiger partial charge in [-0.1, -0.05) is 6.42 Å². The summed E-state index contributed by atoms with van der Waals surface area (Å²) in [6.07, 6.45) is 3.77. The van der Waals surface area contributed by atoms with Gasteiger partial charge in [0.25, 0.3) is 0 Å². The lowest BCUT2D eigenvalue weighted by Crippen LogP contribution is -2.48. The molecule has 0 aromatic carbocycles. The maximum absolute atomic E-state index is 6.10. The van der Waals surface area contributed by atoms with E-state index >= 15 is 0 Å². The predicted octanol–water partition coefficient (Wildman–Crippen LogP) is 1.31. The molecule has 2 atom stereocenters. The fourth-order valence-corrected chi connectivity index (χ4v) is 2.94. The van der Waals surface area contributed by atoms with Gasteiger partial charge in [-0.05, 0) is 40.2 Å². The third kappa shape index (κ3) is 2.72. The van der Waals surface area contributed by atoms with Crippen molar-refractivity contribution in [2.24, 2.45) is 5.73 Å². The summed E-state index contributed by atoms with van der Waals surface area (Å²) in [7, 11) is 0. The van der Waals surface area contributed by atoms with Crippen LogP contribution in [-0.4, -0.2) is 38.3 Å². The summed E-state index contributed by atoms with van der Waals surface area (Å²) in [5, 5.41) is 8.48. The molecule has 0 aliphatic carbocycles. The minimum atomic E-state index is 0.226. The van der Waals surface area contributed by atoms with E-state index in [9.17, 15) is 0 Å². The largest absolute Gasteiger partial charge is 0.327 e. The third-order valence-corrected chi connectivity index (χ3v) is 3.94. The Bertz CT molecular complexity index is 385. The molecule has 2 rings (SSSR count). The van der Waals surface area contributed by atoms with Crippen molar-refractivity contribution in [3.05, 3.63) is 11.6 Å². The second kappa shape index (κ2) is 5.80. The molecule has 1 aromatic heterocycles. The van der Waals surface area contributed by atoms with Crippen LogP contribution < -0.4 is 5.73 Å². The molecule has 18 heavy (non-hydrogen) atoms. The zero-order valence-corrected chi connectivity index (χ0v) is 11.8. The van der Waals surface area contributed by atoms with Gasteiger partial charge in [0.15, 0.2) is 0 Å². The van der Waals surface area contributed by atoms with Gasteiger partial charge in [-0.2, -0.15) is 0 Å². The molecule has 1 aromatic rings. The average molecular weight is 251 g/mol. The van der Waals surface area contributed by atoms with Crippen molar-refractivity contribution in [2.75, 3.05) is 6.54 Å². The van der Waals surface area contributed by atoms with E-state index in [1.54, 1.807) is 0 Å². The Hall–Kier alpha value is -0.940. The molecule has 5 nitrogen and oxygen atoms in total. The maximum Gasteiger partial charge on any atom is 0.147 e. The summed E-state index contributed by atoms with van der Waals surface area (Å²) in [6, 6.07) is 0.713. The molecule has 1 fully saturated rings. The minimum absolute atomic E-state index is 0.226. The van der Waals surface area contributed by atoms with Gasteiger partial charge in [-0.15, -0.1) is 10.2 Å². The molecule has 2 N–H and O–H groups in total. The Balaban J connectivity index is 2.11. The number of aryl methyl sites for hydroxylation is 1. The number of likely N-dealkylation sites (tertiary alicyclic amines) is 1. The van der Waals surface area contributed by atoms with Crippen molar-refractivity contribution >= 4 is 0 Å². The van der Waals surface area contributed by atoms with E-state index in [1.807, 2.05) is 6.92 Å². The van der Waals surface area contributed by atoms with Gasteiger partial charge in [-0.3, -0.25) is 4.90 Å². The molecule has 1 aliphatic rings. The molecule has 0 saturated carbocycles. The highest BCUT2D eigenvalue weighted by molar-refractivity contribution is 4.96. The minimum Gasteiger partial charge on any atom is -0.327 e. The van der Waals surface area contributed by atoms with Crippen molar-refractivity contribution in [1.82, 2.24) is 19.7 Å². The van der Waals surface area contributed by atoms with Crippen LogP contribution in [0.1, 0.15) is 44.8 Å². The second-order valence-corrected chi connectivity index (χ2v) is 5.30. The molecule has 2 heterocycles. The fraction of sp³-hybridized carbons (Fsp3) is 0.846. The summed E-state index contributed by atoms with van der Waals surface area (Å²) in [5.74, 6) is 2.07. The number of nitrogens with zero attached hydrogens (tertiary/aromatic N) is 4. The molecule has 0 bridgehead atoms. The molecule has 0 spiro atoms. The number of piperidine rings is 1. The summed E-state index contributed by atoms with van der Waals surface area (Å²) in [6.45, 7) is 9.20. The number of rotatable bonds is 4. The average Bonchev–Trinajstić information content (AvgIpc) is 2.70. The smallest absolute Gasteiger partial charge is 0.147 e. The predicted molar refractivity (Wildman–Crippen MR) is 72.1 cm³/mol. The van der Waals surface area contributed by atoms with Gasteiger partial charge >= 0.3 is 0 Å². The van der Waals surface area contributed by atoms with Crippen LogP contribution in [-0.2, 0) is 13.1 Å². The lowest BCUT2D eigenvalue weighted by atomic mass is 9.97. The Morgan fingerprint density at radius 1 is 1.39 bits per heavy atom. The Labute approximate surface area is 109 Å². The molecule has 2 unspecified atom stereocenters. The maximum atomic E-state index is 6.10. The van der Waals surface area contributed by atoms with Crippen LogP contribution in [0.15, 0.2) is 0 Å². The Kier molecular flexibility index (Phi) is 4.35. The molecule has 1 aliphatic heterocycles. The lowest BCUT2D eigenvalue weighted by Gasteiger charge is -2.37. The fourth-order valence-electron chi connectivity index (χ4n) is 2.94. The van der Waals surface area contributed by atoms with Gasteiger partial charge in [-0.25, -0.2) is 0 Å². The van der Waals surface area contributed by atoms with Gasteiger partial charge in [0.05, 0.1) is 6.54 Å². The van der Waals surface area contributed by atoms with E-state index in [4.69, 9.17) is 5.73 Å². The van der Waals surface area contributed by atoms with Crippen LogP contribution in [0, 0.1) is 6.92 Å². The molecular formula is C13H25N5. The van der Waals surface area contributed by atoms with Crippen molar-refractivity contribution in [1.29, 1.82) is 0 Å². The van der Waals surface area contributed by atoms with Crippen LogP contribution in [0.3, 0.4) is 0 Å². The van der Waals surface area contributed by atoms with E-state index in [-0.39, 0.29) is 6.04 Å². The van der Waals surface area contributed by atoms with E-state index in [0.717, 1.165) is 31.3 Å². The van der Waals surface area contributed by atoms with Crippen LogP contribution >= 0.6 is 0 Å². The van der Waals surface area contributed by atoms with Crippen molar-refractivity contribution < 1.29 is 0 Å². The van der Waals surface area contributed by atoms with Crippen LogP contribution in [0.4, 0.5) is 0 Å². The zero-order valence-electron chi connectivity index (χ0n) is 11.8. The SMILES string of the molecule is CCn1c(C)nnc1CN1CCCCC1C(C)N. The lowest BCUT2D eigenvalue weighted by molar-refractivity contribution is 0.118. The first kappa shape index (κ1) is 13.5. The first-order valence-electron chi connectivity index (χ1n) is 7.01. The normalized spacial score (nSPS) is 23.2. The number of hydrogen-bond donors (Lipinski definition) is 1. The second-order valence-electron chi connectivity index (χ2n) is 5.30. The van der Waals surface area contributed by atoms with E-state index in [0.29, 0.717) is 6.04 Å². The topological polar surface area (TPSA) is 60.0 Å². The highest BCUT2D eigenvalue weighted by Gasteiger charge is 2.26. The van der Waals surface area contributed by atoms with E-state index in [2.05, 4.69) is 33.5 Å². The van der Waals surface area contributed by atoms with Crippen LogP contribution in [0.2, 0.25) is 0 Å². The highest BCUT2D eigenvalue weighted by Crippen LogP contribution is 2.21. The third-order valence-electron chi connectivity index (χ3n) is 3.94. The Morgan fingerprint density at radius 2 is 2.17 bits per heavy atom. The van der Waals surface area contributed by atoms with Gasteiger partial charge < -0.3 is 10.3 Å².